The van der Waals surface area contributed by atoms with Gasteiger partial charge >= 0.3 is 6.03 Å². The van der Waals surface area contributed by atoms with Gasteiger partial charge in [0.05, 0.1) is 6.54 Å². The van der Waals surface area contributed by atoms with Gasteiger partial charge in [-0.15, -0.1) is 0 Å². The van der Waals surface area contributed by atoms with E-state index in [1.807, 2.05) is 35.2 Å². The van der Waals surface area contributed by atoms with Crippen molar-refractivity contribution in [3.63, 3.8) is 0 Å². The predicted octanol–water partition coefficient (Wildman–Crippen LogP) is 2.93. The molecule has 0 saturated carbocycles. The summed E-state index contributed by atoms with van der Waals surface area (Å²) in [5, 5.41) is 0.540. The lowest BCUT2D eigenvalue weighted by Gasteiger charge is -2.40. The third-order valence-corrected chi connectivity index (χ3v) is 6.35. The van der Waals surface area contributed by atoms with E-state index in [1.165, 1.54) is 4.90 Å². The number of benzene rings is 2. The fourth-order valence-electron chi connectivity index (χ4n) is 4.42. The zero-order chi connectivity index (χ0) is 21.0. The Balaban J connectivity index is 1.45. The van der Waals surface area contributed by atoms with E-state index in [2.05, 4.69) is 24.0 Å². The smallest absolute Gasteiger partial charge is 0.325 e. The number of nitrogens with zero attached hydrogens (tertiary/aromatic N) is 5. The fourth-order valence-corrected chi connectivity index (χ4v) is 4.62. The molecular weight excluding hydrogens is 402 g/mol. The highest BCUT2D eigenvalue weighted by molar-refractivity contribution is 6.31. The molecule has 0 N–H and O–H groups in total. The van der Waals surface area contributed by atoms with E-state index in [0.717, 1.165) is 29.3 Å². The van der Waals surface area contributed by atoms with E-state index in [-0.39, 0.29) is 18.5 Å². The van der Waals surface area contributed by atoms with Gasteiger partial charge in [-0.05, 0) is 36.2 Å². The number of carbonyl (C=O) groups excluding carboxylic acids is 2. The number of rotatable bonds is 3. The molecule has 7 nitrogen and oxygen atoms in total. The zero-order valence-corrected chi connectivity index (χ0v) is 17.6. The molecule has 3 aliphatic heterocycles. The molecule has 30 heavy (non-hydrogen) atoms. The minimum atomic E-state index is -0.518. The highest BCUT2D eigenvalue weighted by Gasteiger charge is 2.54. The summed E-state index contributed by atoms with van der Waals surface area (Å²) in [5.74, 6) is 0.524. The van der Waals surface area contributed by atoms with Crippen molar-refractivity contribution in [1.82, 2.24) is 14.7 Å². The van der Waals surface area contributed by atoms with Crippen molar-refractivity contribution in [1.29, 1.82) is 0 Å². The first-order chi connectivity index (χ1) is 14.5. The quantitative estimate of drug-likeness (QED) is 0.761. The zero-order valence-electron chi connectivity index (χ0n) is 16.8. The minimum absolute atomic E-state index is 0.148. The second-order valence-corrected chi connectivity index (χ2v) is 8.29. The third kappa shape index (κ3) is 2.84. The van der Waals surface area contributed by atoms with Crippen LogP contribution in [0.2, 0.25) is 5.02 Å². The summed E-state index contributed by atoms with van der Waals surface area (Å²) in [5.41, 5.74) is 2.95. The van der Waals surface area contributed by atoms with E-state index in [9.17, 15) is 9.59 Å². The summed E-state index contributed by atoms with van der Waals surface area (Å²) in [7, 11) is 1.70. The van der Waals surface area contributed by atoms with E-state index in [4.69, 9.17) is 16.6 Å². The Morgan fingerprint density at radius 2 is 1.90 bits per heavy atom. The molecule has 0 aliphatic carbocycles. The van der Waals surface area contributed by atoms with Crippen LogP contribution in [0.25, 0.3) is 0 Å². The summed E-state index contributed by atoms with van der Waals surface area (Å²) in [6.45, 7) is 3.63. The van der Waals surface area contributed by atoms with Crippen molar-refractivity contribution >= 4 is 35.2 Å². The third-order valence-electron chi connectivity index (χ3n) is 5.98. The van der Waals surface area contributed by atoms with Crippen molar-refractivity contribution in [3.8, 4) is 0 Å². The van der Waals surface area contributed by atoms with Crippen LogP contribution in [-0.2, 0) is 11.3 Å². The lowest BCUT2D eigenvalue weighted by Crippen LogP contribution is -2.64. The maximum Gasteiger partial charge on any atom is 0.328 e. The van der Waals surface area contributed by atoms with E-state index in [1.54, 1.807) is 18.0 Å². The number of halogens is 1. The molecular formula is C22H22ClN5O2. The second kappa shape index (κ2) is 7.02. The number of hydrogen-bond acceptors (Lipinski definition) is 5. The topological polar surface area (TPSA) is 59.5 Å². The van der Waals surface area contributed by atoms with Crippen LogP contribution in [0.1, 0.15) is 11.1 Å². The van der Waals surface area contributed by atoms with Crippen molar-refractivity contribution in [2.24, 2.45) is 4.99 Å². The Kier molecular flexibility index (Phi) is 4.43. The average Bonchev–Trinajstić information content (AvgIpc) is 3.30. The number of anilines is 1. The molecule has 3 aliphatic rings. The molecule has 2 atom stereocenters. The highest BCUT2D eigenvalue weighted by Crippen LogP contribution is 2.34. The number of imide groups is 1. The highest BCUT2D eigenvalue weighted by atomic mass is 35.5. The normalized spacial score (nSPS) is 23.1. The summed E-state index contributed by atoms with van der Waals surface area (Å²) in [6, 6.07) is 14.6. The molecule has 2 fully saturated rings. The molecule has 0 spiro atoms. The standard InChI is InChI=1S/C22H22ClN5O2/c1-14-6-5-8-16(12-14)26-10-11-27-18-19(24-21(26)27)25(2)22(30)28(20(18)29)13-15-7-3-4-9-17(15)23/h3-9,12,18-19H,10-11,13H2,1-2H3. The van der Waals surface area contributed by atoms with Gasteiger partial charge in [-0.2, -0.15) is 0 Å². The predicted molar refractivity (Wildman–Crippen MR) is 115 cm³/mol. The largest absolute Gasteiger partial charge is 0.328 e. The van der Waals surface area contributed by atoms with Crippen LogP contribution in [0.15, 0.2) is 53.5 Å². The van der Waals surface area contributed by atoms with Gasteiger partial charge in [-0.25, -0.2) is 9.79 Å². The van der Waals surface area contributed by atoms with Gasteiger partial charge in [0.15, 0.2) is 12.2 Å². The van der Waals surface area contributed by atoms with Gasteiger partial charge in [-0.1, -0.05) is 41.9 Å². The van der Waals surface area contributed by atoms with Crippen LogP contribution in [0.3, 0.4) is 0 Å². The lowest BCUT2D eigenvalue weighted by molar-refractivity contribution is -0.137. The van der Waals surface area contributed by atoms with Crippen molar-refractivity contribution < 1.29 is 9.59 Å². The monoisotopic (exact) mass is 423 g/mol. The molecule has 0 radical (unpaired) electrons. The Bertz CT molecular complexity index is 1070. The summed E-state index contributed by atoms with van der Waals surface area (Å²) in [4.78, 5) is 38.2. The maximum atomic E-state index is 13.4. The van der Waals surface area contributed by atoms with Gasteiger partial charge in [0, 0.05) is 30.8 Å². The number of aryl methyl sites for hydroxylation is 1. The molecule has 2 unspecified atom stereocenters. The molecule has 2 aromatic carbocycles. The SMILES string of the molecule is Cc1cccc(N2CCN3C2=NC2C3C(=O)N(Cc3ccccc3Cl)C(=O)N2C)c1. The first kappa shape index (κ1) is 18.9. The lowest BCUT2D eigenvalue weighted by atomic mass is 10.1. The van der Waals surface area contributed by atoms with E-state index < -0.39 is 12.2 Å². The first-order valence-electron chi connectivity index (χ1n) is 9.96. The number of aliphatic imine (C=N–C) groups is 1. The van der Waals surface area contributed by atoms with Gasteiger partial charge in [0.1, 0.15) is 0 Å². The van der Waals surface area contributed by atoms with Crippen LogP contribution in [0, 0.1) is 6.92 Å². The maximum absolute atomic E-state index is 13.4. The van der Waals surface area contributed by atoms with Gasteiger partial charge in [0.25, 0.3) is 5.91 Å². The molecule has 3 amide bonds. The van der Waals surface area contributed by atoms with Crippen LogP contribution >= 0.6 is 11.6 Å². The number of guanidine groups is 1. The van der Waals surface area contributed by atoms with Gasteiger partial charge in [0.2, 0.25) is 5.96 Å². The average molecular weight is 424 g/mol. The van der Waals surface area contributed by atoms with Crippen LogP contribution < -0.4 is 4.90 Å². The molecule has 154 valence electrons. The van der Waals surface area contributed by atoms with Gasteiger partial charge < -0.3 is 14.7 Å². The minimum Gasteiger partial charge on any atom is -0.325 e. The molecule has 8 heteroatoms. The number of fused-ring (bicyclic) bond motifs is 3. The number of likely N-dealkylation sites (N-methyl/N-ethyl adjacent to an activating group) is 1. The Morgan fingerprint density at radius 3 is 2.67 bits per heavy atom. The van der Waals surface area contributed by atoms with E-state index in [0.29, 0.717) is 11.6 Å². The fraction of sp³-hybridized carbons (Fsp3) is 0.318. The Hall–Kier alpha value is -3.06. The number of hydrogen-bond donors (Lipinski definition) is 0. The molecule has 0 aromatic heterocycles. The van der Waals surface area contributed by atoms with Crippen molar-refractivity contribution in [3.05, 3.63) is 64.7 Å². The summed E-state index contributed by atoms with van der Waals surface area (Å²) in [6.07, 6.45) is -0.518. The van der Waals surface area contributed by atoms with Crippen molar-refractivity contribution in [2.45, 2.75) is 25.7 Å². The Morgan fingerprint density at radius 1 is 1.10 bits per heavy atom. The van der Waals surface area contributed by atoms with Crippen LogP contribution in [0.5, 0.6) is 0 Å². The van der Waals surface area contributed by atoms with Gasteiger partial charge in [-0.3, -0.25) is 9.69 Å². The number of amides is 3. The van der Waals surface area contributed by atoms with Crippen LogP contribution in [0.4, 0.5) is 10.5 Å². The molecule has 5 rings (SSSR count). The summed E-state index contributed by atoms with van der Waals surface area (Å²) < 4.78 is 0. The second-order valence-electron chi connectivity index (χ2n) is 7.88. The molecule has 0 bridgehead atoms. The molecule has 2 aromatic rings. The number of carbonyl (C=O) groups is 2. The summed E-state index contributed by atoms with van der Waals surface area (Å²) >= 11 is 6.27. The Labute approximate surface area is 180 Å². The molecule has 3 heterocycles. The van der Waals surface area contributed by atoms with Crippen molar-refractivity contribution in [2.75, 3.05) is 25.0 Å². The first-order valence-corrected chi connectivity index (χ1v) is 10.3. The molecule has 2 saturated heterocycles. The van der Waals surface area contributed by atoms with E-state index >= 15 is 0 Å². The van der Waals surface area contributed by atoms with Crippen LogP contribution in [-0.4, -0.2) is 64.9 Å². The number of urea groups is 1.